The first-order chi connectivity index (χ1) is 26.8. The number of carbonyl (C=O) groups excluding carboxylic acids is 1. The molecule has 1 amide bonds. The Morgan fingerprint density at radius 1 is 0.618 bits per heavy atom. The highest BCUT2D eigenvalue weighted by Gasteiger charge is 2.44. The van der Waals surface area contributed by atoms with Crippen LogP contribution in [0, 0.1) is 0 Å². The van der Waals surface area contributed by atoms with Crippen molar-refractivity contribution in [1.29, 1.82) is 0 Å². The van der Waals surface area contributed by atoms with E-state index in [1.807, 2.05) is 6.08 Å². The molecule has 9 heteroatoms. The lowest BCUT2D eigenvalue weighted by Crippen LogP contribution is -2.60. The largest absolute Gasteiger partial charge is 0.394 e. The predicted molar refractivity (Wildman–Crippen MR) is 226 cm³/mol. The number of nitrogens with one attached hydrogen (secondary N) is 1. The van der Waals surface area contributed by atoms with Gasteiger partial charge in [-0.1, -0.05) is 152 Å². The second kappa shape index (κ2) is 36.2. The first-order valence-electron chi connectivity index (χ1n) is 22.0. The summed E-state index contributed by atoms with van der Waals surface area (Å²) in [6.45, 7) is 3.65. The molecule has 7 unspecified atom stereocenters. The fraction of sp³-hybridized carbons (Fsp3) is 0.761. The van der Waals surface area contributed by atoms with E-state index in [4.69, 9.17) is 9.47 Å². The summed E-state index contributed by atoms with van der Waals surface area (Å²) < 4.78 is 11.2. The van der Waals surface area contributed by atoms with Crippen LogP contribution in [-0.4, -0.2) is 87.5 Å². The fourth-order valence-electron chi connectivity index (χ4n) is 6.46. The third kappa shape index (κ3) is 27.2. The van der Waals surface area contributed by atoms with E-state index in [1.54, 1.807) is 6.08 Å². The highest BCUT2D eigenvalue weighted by Crippen LogP contribution is 2.22. The van der Waals surface area contributed by atoms with Gasteiger partial charge in [-0.05, 0) is 70.6 Å². The van der Waals surface area contributed by atoms with Crippen molar-refractivity contribution in [3.8, 4) is 0 Å². The van der Waals surface area contributed by atoms with E-state index < -0.39 is 49.5 Å². The van der Waals surface area contributed by atoms with Crippen LogP contribution in [0.15, 0.2) is 60.8 Å². The van der Waals surface area contributed by atoms with Gasteiger partial charge in [0.25, 0.3) is 0 Å². The Hall–Kier alpha value is -2.11. The summed E-state index contributed by atoms with van der Waals surface area (Å²) in [6.07, 6.45) is 39.8. The fourth-order valence-corrected chi connectivity index (χ4v) is 6.46. The van der Waals surface area contributed by atoms with Gasteiger partial charge in [0.15, 0.2) is 6.29 Å². The maximum atomic E-state index is 12.9. The summed E-state index contributed by atoms with van der Waals surface area (Å²) >= 11 is 0. The molecule has 0 aromatic rings. The molecule has 6 N–H and O–H groups in total. The molecule has 1 saturated heterocycles. The molecule has 55 heavy (non-hydrogen) atoms. The van der Waals surface area contributed by atoms with Gasteiger partial charge in [-0.25, -0.2) is 0 Å². The molecule has 1 rings (SSSR count). The van der Waals surface area contributed by atoms with Crippen LogP contribution in [0.5, 0.6) is 0 Å². The Kier molecular flexibility index (Phi) is 33.5. The topological polar surface area (TPSA) is 149 Å². The Balaban J connectivity index is 2.44. The lowest BCUT2D eigenvalue weighted by molar-refractivity contribution is -0.302. The highest BCUT2D eigenvalue weighted by atomic mass is 16.7. The molecule has 1 heterocycles. The summed E-state index contributed by atoms with van der Waals surface area (Å²) in [5.41, 5.74) is 0. The number of allylic oxidation sites excluding steroid dienone is 9. The minimum atomic E-state index is -1.58. The van der Waals surface area contributed by atoms with E-state index in [9.17, 15) is 30.3 Å². The number of hydrogen-bond acceptors (Lipinski definition) is 8. The molecule has 9 nitrogen and oxygen atoms in total. The number of unbranched alkanes of at least 4 members (excludes halogenated alkanes) is 17. The number of aliphatic hydroxyl groups is 5. The van der Waals surface area contributed by atoms with Crippen molar-refractivity contribution in [3.05, 3.63) is 60.8 Å². The molecule has 318 valence electrons. The maximum Gasteiger partial charge on any atom is 0.220 e. The van der Waals surface area contributed by atoms with E-state index in [-0.39, 0.29) is 12.5 Å². The SMILES string of the molecule is CCC/C=C\C/C=C\CCCCCCCC(=O)NC(COC1OC(CO)C(O)C(O)C1O)C(O)/C=C/CC/C=C/CC/C=C/CCCCCCCCCCC. The van der Waals surface area contributed by atoms with Crippen molar-refractivity contribution in [2.75, 3.05) is 13.2 Å². The van der Waals surface area contributed by atoms with Crippen LogP contribution in [0.4, 0.5) is 0 Å². The quantitative estimate of drug-likeness (QED) is 0.0277. The van der Waals surface area contributed by atoms with Crippen LogP contribution in [-0.2, 0) is 14.3 Å². The van der Waals surface area contributed by atoms with Crippen molar-refractivity contribution in [2.24, 2.45) is 0 Å². The molecule has 0 radical (unpaired) electrons. The molecule has 0 aromatic carbocycles. The van der Waals surface area contributed by atoms with E-state index in [0.29, 0.717) is 6.42 Å². The molecule has 1 aliphatic rings. The van der Waals surface area contributed by atoms with Crippen LogP contribution < -0.4 is 5.32 Å². The van der Waals surface area contributed by atoms with Crippen LogP contribution in [0.1, 0.15) is 168 Å². The number of rotatable bonds is 35. The smallest absolute Gasteiger partial charge is 0.220 e. The van der Waals surface area contributed by atoms with E-state index in [2.05, 4.69) is 67.8 Å². The molecule has 0 bridgehead atoms. The van der Waals surface area contributed by atoms with Crippen molar-refractivity contribution in [1.82, 2.24) is 5.32 Å². The van der Waals surface area contributed by atoms with E-state index >= 15 is 0 Å². The van der Waals surface area contributed by atoms with Gasteiger partial charge in [0.1, 0.15) is 24.4 Å². The van der Waals surface area contributed by atoms with Crippen molar-refractivity contribution in [2.45, 2.75) is 211 Å². The number of ether oxygens (including phenoxy) is 2. The second-order valence-electron chi connectivity index (χ2n) is 15.1. The van der Waals surface area contributed by atoms with Crippen molar-refractivity contribution >= 4 is 5.91 Å². The summed E-state index contributed by atoms with van der Waals surface area (Å²) in [6, 6.07) is -0.836. The molecule has 0 saturated carbocycles. The minimum absolute atomic E-state index is 0.209. The van der Waals surface area contributed by atoms with Gasteiger partial charge in [-0.2, -0.15) is 0 Å². The molecule has 1 fully saturated rings. The zero-order chi connectivity index (χ0) is 40.2. The summed E-state index contributed by atoms with van der Waals surface area (Å²) in [7, 11) is 0. The average molecular weight is 776 g/mol. The van der Waals surface area contributed by atoms with Gasteiger partial charge in [0.2, 0.25) is 5.91 Å². The lowest BCUT2D eigenvalue weighted by Gasteiger charge is -2.40. The van der Waals surface area contributed by atoms with Crippen LogP contribution in [0.3, 0.4) is 0 Å². The lowest BCUT2D eigenvalue weighted by atomic mass is 9.99. The minimum Gasteiger partial charge on any atom is -0.394 e. The average Bonchev–Trinajstić information content (AvgIpc) is 3.18. The van der Waals surface area contributed by atoms with Gasteiger partial charge >= 0.3 is 0 Å². The number of aliphatic hydroxyl groups excluding tert-OH is 5. The van der Waals surface area contributed by atoms with Crippen molar-refractivity contribution in [3.63, 3.8) is 0 Å². The summed E-state index contributed by atoms with van der Waals surface area (Å²) in [5, 5.41) is 54.1. The number of hydrogen-bond donors (Lipinski definition) is 6. The molecule has 0 aromatic heterocycles. The Labute approximate surface area is 335 Å². The van der Waals surface area contributed by atoms with Crippen molar-refractivity contribution < 1.29 is 39.8 Å². The molecular formula is C46H81NO8. The third-order valence-electron chi connectivity index (χ3n) is 10.0. The Morgan fingerprint density at radius 2 is 1.13 bits per heavy atom. The highest BCUT2D eigenvalue weighted by molar-refractivity contribution is 5.76. The molecule has 0 aliphatic carbocycles. The predicted octanol–water partition coefficient (Wildman–Crippen LogP) is 8.83. The molecule has 1 aliphatic heterocycles. The third-order valence-corrected chi connectivity index (χ3v) is 10.0. The zero-order valence-electron chi connectivity index (χ0n) is 34.7. The Bertz CT molecular complexity index is 1040. The maximum absolute atomic E-state index is 12.9. The van der Waals surface area contributed by atoms with Gasteiger partial charge < -0.3 is 40.3 Å². The Morgan fingerprint density at radius 3 is 1.71 bits per heavy atom. The standard InChI is InChI=1S/C46H81NO8/c1-3-5-7-9-11-13-15-17-18-19-20-21-22-24-25-27-29-31-33-35-40(49)39(38-54-46-45(53)44(52)43(51)41(37-48)55-46)47-42(50)36-34-32-30-28-26-23-16-14-12-10-8-6-4-2/h8,10,14,16,20-21,25,27,33,35,39-41,43-46,48-49,51-53H,3-7,9,11-13,15,17-19,22-24,26,28-32,34,36-38H2,1-2H3,(H,47,50)/b10-8-,16-14-,21-20+,27-25+,35-33+. The van der Waals surface area contributed by atoms with Gasteiger partial charge in [-0.3, -0.25) is 4.79 Å². The first-order valence-corrected chi connectivity index (χ1v) is 22.0. The number of carbonyl (C=O) groups is 1. The van der Waals surface area contributed by atoms with Gasteiger partial charge in [0, 0.05) is 6.42 Å². The molecular weight excluding hydrogens is 695 g/mol. The second-order valence-corrected chi connectivity index (χ2v) is 15.1. The summed E-state index contributed by atoms with van der Waals surface area (Å²) in [5.74, 6) is -0.209. The van der Waals surface area contributed by atoms with Gasteiger partial charge in [0.05, 0.1) is 25.4 Å². The van der Waals surface area contributed by atoms with Crippen LogP contribution in [0.2, 0.25) is 0 Å². The van der Waals surface area contributed by atoms with Crippen LogP contribution in [0.25, 0.3) is 0 Å². The number of amides is 1. The van der Waals surface area contributed by atoms with E-state index in [0.717, 1.165) is 83.5 Å². The van der Waals surface area contributed by atoms with Gasteiger partial charge in [-0.15, -0.1) is 0 Å². The molecule has 0 spiro atoms. The molecule has 7 atom stereocenters. The van der Waals surface area contributed by atoms with Crippen LogP contribution >= 0.6 is 0 Å². The summed E-state index contributed by atoms with van der Waals surface area (Å²) in [4.78, 5) is 12.9. The monoisotopic (exact) mass is 776 g/mol. The normalized spacial score (nSPS) is 21.9. The van der Waals surface area contributed by atoms with E-state index in [1.165, 1.54) is 64.2 Å². The zero-order valence-corrected chi connectivity index (χ0v) is 34.7. The first kappa shape index (κ1) is 50.9.